The van der Waals surface area contributed by atoms with Crippen LogP contribution in [0.1, 0.15) is 24.6 Å². The highest BCUT2D eigenvalue weighted by Gasteiger charge is 2.06. The molecule has 1 heterocycles. The summed E-state index contributed by atoms with van der Waals surface area (Å²) in [6, 6.07) is 7.03. The van der Waals surface area contributed by atoms with Crippen LogP contribution in [-0.2, 0) is 13.1 Å². The molecule has 0 fully saturated rings. The van der Waals surface area contributed by atoms with Gasteiger partial charge in [0.05, 0.1) is 16.7 Å². The number of nitrogens with zero attached hydrogens (tertiary/aromatic N) is 2. The molecule has 0 spiro atoms. The first-order valence-electron chi connectivity index (χ1n) is 6.36. The lowest BCUT2D eigenvalue weighted by molar-refractivity contribution is 0.605. The highest BCUT2D eigenvalue weighted by molar-refractivity contribution is 9.10. The van der Waals surface area contributed by atoms with Crippen molar-refractivity contribution in [2.75, 3.05) is 6.54 Å². The maximum Gasteiger partial charge on any atom is 0.137 e. The molecule has 0 aliphatic carbocycles. The molecule has 0 aliphatic heterocycles. The van der Waals surface area contributed by atoms with Crippen molar-refractivity contribution in [1.29, 1.82) is 0 Å². The second-order valence-corrected chi connectivity index (χ2v) is 5.19. The normalized spacial score (nSPS) is 10.9. The van der Waals surface area contributed by atoms with Crippen molar-refractivity contribution in [1.82, 2.24) is 15.1 Å². The molecule has 1 aromatic carbocycles. The summed E-state index contributed by atoms with van der Waals surface area (Å²) in [5, 5.41) is 7.76. The van der Waals surface area contributed by atoms with Gasteiger partial charge in [-0.1, -0.05) is 19.1 Å². The van der Waals surface area contributed by atoms with Gasteiger partial charge in [-0.05, 0) is 46.6 Å². The van der Waals surface area contributed by atoms with Crippen LogP contribution in [0.5, 0.6) is 0 Å². The molecule has 0 saturated heterocycles. The van der Waals surface area contributed by atoms with Gasteiger partial charge in [0, 0.05) is 12.7 Å². The molecular formula is C14H17BrFN3. The van der Waals surface area contributed by atoms with Crippen LogP contribution in [-0.4, -0.2) is 16.3 Å². The average Bonchev–Trinajstić information content (AvgIpc) is 2.83. The molecule has 0 saturated carbocycles. The summed E-state index contributed by atoms with van der Waals surface area (Å²) in [6.07, 6.45) is 3.03. The minimum atomic E-state index is -0.241. The van der Waals surface area contributed by atoms with Crippen molar-refractivity contribution in [3.05, 3.63) is 52.0 Å². The quantitative estimate of drug-likeness (QED) is 0.825. The van der Waals surface area contributed by atoms with Gasteiger partial charge in [0.25, 0.3) is 0 Å². The first-order valence-corrected chi connectivity index (χ1v) is 7.16. The summed E-state index contributed by atoms with van der Waals surface area (Å²) < 4.78 is 15.7. The Hall–Kier alpha value is -1.20. The number of hydrogen-bond acceptors (Lipinski definition) is 2. The van der Waals surface area contributed by atoms with Crippen molar-refractivity contribution >= 4 is 15.9 Å². The minimum Gasteiger partial charge on any atom is -0.311 e. The van der Waals surface area contributed by atoms with E-state index in [4.69, 9.17) is 0 Å². The smallest absolute Gasteiger partial charge is 0.137 e. The Bertz CT molecular complexity index is 539. The number of nitrogens with one attached hydrogen (secondary N) is 1. The third-order valence-electron chi connectivity index (χ3n) is 2.79. The molecule has 2 aromatic rings. The molecule has 0 amide bonds. The van der Waals surface area contributed by atoms with Gasteiger partial charge in [-0.2, -0.15) is 5.10 Å². The Kier molecular flexibility index (Phi) is 5.10. The monoisotopic (exact) mass is 325 g/mol. The number of halogens is 2. The van der Waals surface area contributed by atoms with Crippen LogP contribution in [0.15, 0.2) is 34.9 Å². The molecule has 2 rings (SSSR count). The van der Waals surface area contributed by atoms with Gasteiger partial charge in [-0.15, -0.1) is 0 Å². The zero-order valence-electron chi connectivity index (χ0n) is 10.9. The van der Waals surface area contributed by atoms with Crippen molar-refractivity contribution in [3.63, 3.8) is 0 Å². The van der Waals surface area contributed by atoms with Gasteiger partial charge in [0.2, 0.25) is 0 Å². The molecule has 0 atom stereocenters. The average molecular weight is 326 g/mol. The van der Waals surface area contributed by atoms with E-state index in [1.54, 1.807) is 6.07 Å². The van der Waals surface area contributed by atoms with Gasteiger partial charge in [0.15, 0.2) is 0 Å². The fourth-order valence-electron chi connectivity index (χ4n) is 1.82. The molecule has 1 aromatic heterocycles. The zero-order chi connectivity index (χ0) is 13.7. The van der Waals surface area contributed by atoms with Crippen molar-refractivity contribution in [3.8, 4) is 0 Å². The molecule has 3 nitrogen and oxygen atoms in total. The van der Waals surface area contributed by atoms with Crippen molar-refractivity contribution in [2.24, 2.45) is 0 Å². The number of aromatic nitrogens is 2. The van der Waals surface area contributed by atoms with E-state index in [0.717, 1.165) is 30.8 Å². The van der Waals surface area contributed by atoms with E-state index < -0.39 is 0 Å². The number of hydrogen-bond donors (Lipinski definition) is 1. The van der Waals surface area contributed by atoms with E-state index in [9.17, 15) is 4.39 Å². The maximum atomic E-state index is 13.4. The van der Waals surface area contributed by atoms with Crippen LogP contribution in [0.2, 0.25) is 0 Å². The van der Waals surface area contributed by atoms with Crippen LogP contribution < -0.4 is 5.32 Å². The number of rotatable bonds is 6. The summed E-state index contributed by atoms with van der Waals surface area (Å²) in [6.45, 7) is 4.45. The topological polar surface area (TPSA) is 29.9 Å². The summed E-state index contributed by atoms with van der Waals surface area (Å²) in [7, 11) is 0. The van der Waals surface area contributed by atoms with Gasteiger partial charge in [-0.3, -0.25) is 4.68 Å². The summed E-state index contributed by atoms with van der Waals surface area (Å²) in [5.41, 5.74) is 1.89. The lowest BCUT2D eigenvalue weighted by Gasteiger charge is -2.05. The summed E-state index contributed by atoms with van der Waals surface area (Å²) >= 11 is 3.27. The van der Waals surface area contributed by atoms with Gasteiger partial charge >= 0.3 is 0 Å². The first kappa shape index (κ1) is 14.2. The second kappa shape index (κ2) is 6.82. The Morgan fingerprint density at radius 3 is 3.00 bits per heavy atom. The van der Waals surface area contributed by atoms with Crippen molar-refractivity contribution < 1.29 is 4.39 Å². The van der Waals surface area contributed by atoms with Gasteiger partial charge in [-0.25, -0.2) is 4.39 Å². The van der Waals surface area contributed by atoms with Crippen LogP contribution in [0, 0.1) is 5.82 Å². The van der Waals surface area contributed by atoms with E-state index >= 15 is 0 Å². The van der Waals surface area contributed by atoms with Crippen LogP contribution in [0.4, 0.5) is 4.39 Å². The molecule has 5 heteroatoms. The molecule has 0 radical (unpaired) electrons. The van der Waals surface area contributed by atoms with E-state index in [1.165, 1.54) is 6.07 Å². The Morgan fingerprint density at radius 1 is 1.37 bits per heavy atom. The molecule has 102 valence electrons. The molecule has 0 bridgehead atoms. The van der Waals surface area contributed by atoms with Crippen LogP contribution in [0.25, 0.3) is 0 Å². The van der Waals surface area contributed by atoms with E-state index in [2.05, 4.69) is 33.3 Å². The Labute approximate surface area is 121 Å². The minimum absolute atomic E-state index is 0.241. The Morgan fingerprint density at radius 2 is 2.21 bits per heavy atom. The lowest BCUT2D eigenvalue weighted by Crippen LogP contribution is -2.14. The highest BCUT2D eigenvalue weighted by atomic mass is 79.9. The summed E-state index contributed by atoms with van der Waals surface area (Å²) in [4.78, 5) is 0. The predicted octanol–water partition coefficient (Wildman–Crippen LogP) is 3.33. The van der Waals surface area contributed by atoms with Crippen LogP contribution >= 0.6 is 15.9 Å². The second-order valence-electron chi connectivity index (χ2n) is 4.39. The van der Waals surface area contributed by atoms with Crippen molar-refractivity contribution in [2.45, 2.75) is 26.4 Å². The molecule has 1 N–H and O–H groups in total. The fourth-order valence-corrected chi connectivity index (χ4v) is 2.21. The van der Waals surface area contributed by atoms with Gasteiger partial charge < -0.3 is 5.32 Å². The largest absolute Gasteiger partial charge is 0.311 e. The zero-order valence-corrected chi connectivity index (χ0v) is 12.5. The predicted molar refractivity (Wildman–Crippen MR) is 77.4 cm³/mol. The Balaban J connectivity index is 2.01. The lowest BCUT2D eigenvalue weighted by atomic mass is 10.2. The third kappa shape index (κ3) is 3.88. The molecule has 19 heavy (non-hydrogen) atoms. The molecule has 0 unspecified atom stereocenters. The molecule has 0 aliphatic rings. The summed E-state index contributed by atoms with van der Waals surface area (Å²) in [5.74, 6) is -0.241. The SMILES string of the molecule is CCCNCc1ccn(Cc2cccc(F)c2Br)n1. The van der Waals surface area contributed by atoms with E-state index in [1.807, 2.05) is 23.0 Å². The fraction of sp³-hybridized carbons (Fsp3) is 0.357. The van der Waals surface area contributed by atoms with E-state index in [-0.39, 0.29) is 5.82 Å². The number of benzene rings is 1. The van der Waals surface area contributed by atoms with Crippen LogP contribution in [0.3, 0.4) is 0 Å². The third-order valence-corrected chi connectivity index (χ3v) is 3.68. The van der Waals surface area contributed by atoms with Gasteiger partial charge in [0.1, 0.15) is 5.82 Å². The highest BCUT2D eigenvalue weighted by Crippen LogP contribution is 2.21. The van der Waals surface area contributed by atoms with E-state index in [0.29, 0.717) is 11.0 Å². The maximum absolute atomic E-state index is 13.4. The molecular weight excluding hydrogens is 309 g/mol. The first-order chi connectivity index (χ1) is 9.20. The standard InChI is InChI=1S/C14H17BrFN3/c1-2-7-17-9-12-6-8-19(18-12)10-11-4-3-5-13(16)14(11)15/h3-6,8,17H,2,7,9-10H2,1H3.